The van der Waals surface area contributed by atoms with E-state index < -0.39 is 35.0 Å². The molecule has 0 fully saturated rings. The molecule has 6 nitrogen and oxygen atoms in total. The minimum Gasteiger partial charge on any atom is -0.488 e. The molecule has 3 rings (SSSR count). The summed E-state index contributed by atoms with van der Waals surface area (Å²) in [6.45, 7) is 0.127. The van der Waals surface area contributed by atoms with Crippen molar-refractivity contribution in [3.63, 3.8) is 0 Å². The number of hydrogen-bond acceptors (Lipinski definition) is 5. The van der Waals surface area contributed by atoms with E-state index in [4.69, 9.17) is 4.74 Å². The number of aryl methyl sites for hydroxylation is 1. The lowest BCUT2D eigenvalue weighted by atomic mass is 10.0. The first kappa shape index (κ1) is 25.7. The number of halogens is 3. The maximum atomic E-state index is 12.4. The third kappa shape index (κ3) is 7.54. The maximum absolute atomic E-state index is 12.4. The molecule has 2 atom stereocenters. The largest absolute Gasteiger partial charge is 0.488 e. The van der Waals surface area contributed by atoms with Crippen LogP contribution >= 0.6 is 0 Å². The zero-order valence-corrected chi connectivity index (χ0v) is 19.2. The van der Waals surface area contributed by atoms with E-state index in [1.54, 1.807) is 54.4 Å². The molecule has 2 N–H and O–H groups in total. The van der Waals surface area contributed by atoms with Gasteiger partial charge in [-0.25, -0.2) is 13.1 Å². The summed E-state index contributed by atoms with van der Waals surface area (Å²) < 4.78 is 68.9. The van der Waals surface area contributed by atoms with Crippen LogP contribution in [-0.2, 0) is 16.4 Å². The SMILES string of the molecule is C[C@H](Oc1ccc(-c2cccc(S(=O)(=O)NCC(F)(F)F)c2)cc1)C(O)CCc1cccnc1. The number of rotatable bonds is 10. The third-order valence-corrected chi connectivity index (χ3v) is 6.51. The third-order valence-electron chi connectivity index (χ3n) is 5.11. The van der Waals surface area contributed by atoms with Gasteiger partial charge in [0.15, 0.2) is 0 Å². The van der Waals surface area contributed by atoms with Crippen molar-refractivity contribution in [1.29, 1.82) is 0 Å². The van der Waals surface area contributed by atoms with Crippen molar-refractivity contribution in [3.8, 4) is 16.9 Å². The van der Waals surface area contributed by atoms with Gasteiger partial charge >= 0.3 is 6.18 Å². The van der Waals surface area contributed by atoms with Gasteiger partial charge in [0, 0.05) is 12.4 Å². The molecule has 10 heteroatoms. The predicted octanol–water partition coefficient (Wildman–Crippen LogP) is 4.35. The number of aliphatic hydroxyl groups excluding tert-OH is 1. The number of aliphatic hydroxyl groups is 1. The lowest BCUT2D eigenvalue weighted by Gasteiger charge is -2.20. The van der Waals surface area contributed by atoms with Gasteiger partial charge in [-0.1, -0.05) is 30.3 Å². The highest BCUT2D eigenvalue weighted by Crippen LogP contribution is 2.26. The molecule has 182 valence electrons. The minimum absolute atomic E-state index is 0.264. The first-order chi connectivity index (χ1) is 16.0. The van der Waals surface area contributed by atoms with Gasteiger partial charge in [-0.2, -0.15) is 13.2 Å². The van der Waals surface area contributed by atoms with Gasteiger partial charge in [-0.15, -0.1) is 0 Å². The molecule has 3 aromatic rings. The Hall–Kier alpha value is -2.95. The molecule has 0 saturated heterocycles. The van der Waals surface area contributed by atoms with Crippen LogP contribution < -0.4 is 9.46 Å². The van der Waals surface area contributed by atoms with E-state index in [0.29, 0.717) is 29.7 Å². The quantitative estimate of drug-likeness (QED) is 0.438. The smallest absolute Gasteiger partial charge is 0.402 e. The van der Waals surface area contributed by atoms with E-state index in [1.807, 2.05) is 12.1 Å². The fourth-order valence-electron chi connectivity index (χ4n) is 3.22. The number of nitrogens with one attached hydrogen (secondary N) is 1. The summed E-state index contributed by atoms with van der Waals surface area (Å²) >= 11 is 0. The van der Waals surface area contributed by atoms with Crippen LogP contribution in [0.4, 0.5) is 13.2 Å². The fourth-order valence-corrected chi connectivity index (χ4v) is 4.28. The highest BCUT2D eigenvalue weighted by Gasteiger charge is 2.30. The Morgan fingerprint density at radius 2 is 1.79 bits per heavy atom. The van der Waals surface area contributed by atoms with Gasteiger partial charge in [0.2, 0.25) is 10.0 Å². The number of pyridine rings is 1. The molecule has 0 bridgehead atoms. The lowest BCUT2D eigenvalue weighted by molar-refractivity contribution is -0.121. The summed E-state index contributed by atoms with van der Waals surface area (Å²) in [5, 5.41) is 10.4. The molecule has 0 aliphatic carbocycles. The van der Waals surface area contributed by atoms with Crippen molar-refractivity contribution in [2.75, 3.05) is 6.54 Å². The second kappa shape index (κ2) is 11.0. The number of benzene rings is 2. The highest BCUT2D eigenvalue weighted by atomic mass is 32.2. The number of aromatic nitrogens is 1. The molecule has 0 aliphatic rings. The van der Waals surface area contributed by atoms with E-state index in [0.717, 1.165) is 5.56 Å². The van der Waals surface area contributed by atoms with Crippen LogP contribution in [0.1, 0.15) is 18.9 Å². The molecular formula is C24H25F3N2O4S. The first-order valence-corrected chi connectivity index (χ1v) is 12.0. The van der Waals surface area contributed by atoms with Crippen LogP contribution in [-0.4, -0.2) is 43.4 Å². The summed E-state index contributed by atoms with van der Waals surface area (Å²) in [4.78, 5) is 3.79. The molecular weight excluding hydrogens is 469 g/mol. The Balaban J connectivity index is 1.62. The van der Waals surface area contributed by atoms with E-state index in [-0.39, 0.29) is 4.90 Å². The molecule has 0 spiro atoms. The molecule has 1 aromatic heterocycles. The van der Waals surface area contributed by atoms with Gasteiger partial charge in [0.25, 0.3) is 0 Å². The molecule has 1 heterocycles. The van der Waals surface area contributed by atoms with E-state index >= 15 is 0 Å². The lowest BCUT2D eigenvalue weighted by Crippen LogP contribution is -2.33. The number of alkyl halides is 3. The molecule has 0 aliphatic heterocycles. The van der Waals surface area contributed by atoms with Crippen molar-refractivity contribution < 1.29 is 31.4 Å². The van der Waals surface area contributed by atoms with Gasteiger partial charge in [-0.05, 0) is 66.8 Å². The van der Waals surface area contributed by atoms with Crippen LogP contribution in [0.15, 0.2) is 78.0 Å². The van der Waals surface area contributed by atoms with Crippen molar-refractivity contribution >= 4 is 10.0 Å². The van der Waals surface area contributed by atoms with E-state index in [9.17, 15) is 26.7 Å². The molecule has 2 aromatic carbocycles. The standard InChI is InChI=1S/C24H25F3N2O4S/c1-17(23(30)12-7-18-4-3-13-28-15-18)33-21-10-8-19(9-11-21)20-5-2-6-22(14-20)34(31,32)29-16-24(25,26)27/h2-6,8-11,13-15,17,23,29-30H,7,12,16H2,1H3/t17-,23?/m0/s1. The Morgan fingerprint density at radius 3 is 2.44 bits per heavy atom. The fraction of sp³-hybridized carbons (Fsp3) is 0.292. The Bertz CT molecular complexity index is 1170. The van der Waals surface area contributed by atoms with Crippen molar-refractivity contribution in [3.05, 3.63) is 78.6 Å². The molecule has 0 amide bonds. The maximum Gasteiger partial charge on any atom is 0.402 e. The molecule has 0 saturated carbocycles. The summed E-state index contributed by atoms with van der Waals surface area (Å²) in [6, 6.07) is 16.2. The molecule has 34 heavy (non-hydrogen) atoms. The number of ether oxygens (including phenoxy) is 1. The topological polar surface area (TPSA) is 88.5 Å². The Labute approximate surface area is 196 Å². The summed E-state index contributed by atoms with van der Waals surface area (Å²) in [7, 11) is -4.31. The first-order valence-electron chi connectivity index (χ1n) is 10.5. The van der Waals surface area contributed by atoms with Gasteiger partial charge < -0.3 is 9.84 Å². The van der Waals surface area contributed by atoms with Crippen LogP contribution in [0.3, 0.4) is 0 Å². The van der Waals surface area contributed by atoms with Crippen LogP contribution in [0.2, 0.25) is 0 Å². The second-order valence-corrected chi connectivity index (χ2v) is 9.55. The summed E-state index contributed by atoms with van der Waals surface area (Å²) in [5.41, 5.74) is 2.20. The summed E-state index contributed by atoms with van der Waals surface area (Å²) in [6.07, 6.45) is -1.18. The van der Waals surface area contributed by atoms with Crippen LogP contribution in [0.25, 0.3) is 11.1 Å². The zero-order valence-electron chi connectivity index (χ0n) is 18.4. The van der Waals surface area contributed by atoms with Gasteiger partial charge in [0.1, 0.15) is 18.4 Å². The van der Waals surface area contributed by atoms with Crippen LogP contribution in [0.5, 0.6) is 5.75 Å². The second-order valence-electron chi connectivity index (χ2n) is 7.78. The van der Waals surface area contributed by atoms with Gasteiger partial charge in [0.05, 0.1) is 11.0 Å². The van der Waals surface area contributed by atoms with Crippen LogP contribution in [0, 0.1) is 0 Å². The van der Waals surface area contributed by atoms with Crippen molar-refractivity contribution in [2.45, 2.75) is 43.0 Å². The highest BCUT2D eigenvalue weighted by molar-refractivity contribution is 7.89. The van der Waals surface area contributed by atoms with Crippen molar-refractivity contribution in [2.24, 2.45) is 0 Å². The number of nitrogens with zero attached hydrogens (tertiary/aromatic N) is 1. The number of hydrogen-bond donors (Lipinski definition) is 2. The van der Waals surface area contributed by atoms with Gasteiger partial charge in [-0.3, -0.25) is 4.98 Å². The average Bonchev–Trinajstić information content (AvgIpc) is 2.82. The normalized spacial score (nSPS) is 13.9. The Morgan fingerprint density at radius 1 is 1.06 bits per heavy atom. The number of sulfonamides is 1. The van der Waals surface area contributed by atoms with E-state index in [2.05, 4.69) is 4.98 Å². The van der Waals surface area contributed by atoms with E-state index in [1.165, 1.54) is 18.2 Å². The predicted molar refractivity (Wildman–Crippen MR) is 122 cm³/mol. The van der Waals surface area contributed by atoms with Crippen molar-refractivity contribution in [1.82, 2.24) is 9.71 Å². The Kier molecular flexibility index (Phi) is 8.29. The molecule has 1 unspecified atom stereocenters. The minimum atomic E-state index is -4.65. The monoisotopic (exact) mass is 494 g/mol. The average molecular weight is 495 g/mol. The zero-order chi connectivity index (χ0) is 24.8. The molecule has 0 radical (unpaired) electrons. The summed E-state index contributed by atoms with van der Waals surface area (Å²) in [5.74, 6) is 0.521.